The van der Waals surface area contributed by atoms with Crippen LogP contribution in [-0.2, 0) is 185 Å². The van der Waals surface area contributed by atoms with E-state index >= 15 is 0 Å². The number of rotatable bonds is 25. The van der Waals surface area contributed by atoms with E-state index in [1.165, 1.54) is 86.5 Å². The van der Waals surface area contributed by atoms with Crippen molar-refractivity contribution in [1.29, 1.82) is 0 Å². The number of azide groups is 1. The summed E-state index contributed by atoms with van der Waals surface area (Å²) in [6, 6.07) is -0.160. The van der Waals surface area contributed by atoms with Crippen LogP contribution in [0.4, 0.5) is 0 Å². The first kappa shape index (κ1) is 139. The number of ether oxygens (including phenoxy) is 5. The van der Waals surface area contributed by atoms with E-state index in [1.807, 2.05) is 47.3 Å². The van der Waals surface area contributed by atoms with Gasteiger partial charge in [0.2, 0.25) is 0 Å². The van der Waals surface area contributed by atoms with Crippen molar-refractivity contribution in [2.45, 2.75) is 202 Å². The largest absolute Gasteiger partial charge is 0.358 e. The Morgan fingerprint density at radius 3 is 1.41 bits per heavy atom. The molecule has 0 unspecified atom stereocenters. The number of aliphatic hydroxyl groups excluding tert-OH is 1. The molecule has 109 heavy (non-hydrogen) atoms. The van der Waals surface area contributed by atoms with Gasteiger partial charge in [0.1, 0.15) is 53.6 Å². The summed E-state index contributed by atoms with van der Waals surface area (Å²) < 4.78 is 104. The summed E-state index contributed by atoms with van der Waals surface area (Å²) in [6.45, 7) is 56.8. The van der Waals surface area contributed by atoms with Crippen LogP contribution in [0.15, 0.2) is 107 Å². The zero-order valence-corrected chi connectivity index (χ0v) is 66.4. The van der Waals surface area contributed by atoms with Crippen molar-refractivity contribution in [1.82, 2.24) is 30.0 Å². The Balaban J connectivity index is -0.0000000696. The molecular formula is C73H91Fe4N9O23-2. The predicted molar refractivity (Wildman–Crippen MR) is 365 cm³/mol. The Labute approximate surface area is 682 Å². The first-order valence-corrected chi connectivity index (χ1v) is 30.3. The Morgan fingerprint density at radius 2 is 0.991 bits per heavy atom. The fourth-order valence-electron chi connectivity index (χ4n) is 7.80. The quantitative estimate of drug-likeness (QED) is 0.00824. The molecule has 2 aromatic heterocycles. The zero-order chi connectivity index (χ0) is 81.5. The summed E-state index contributed by atoms with van der Waals surface area (Å²) in [4.78, 5) is 75.5. The standard InChI is InChI=1S/C23H35N3O4.C16H23N3O3.C10H10O2.C8H9N3O2.2C2H4O.10CO.2CH3.4Fe/c1-3-4-5-6-7-8-9-10-11-12-23(28)29-18-20-17-26(25-24-20)21-13-15-22(16-14-21)30-19(2)27;1-13(21)22-16-9-5-4-8-14(16)15-12-19(18-17-15)10-6-2-3-7-11-20;1-3-9-6-4-5-7-10(9)12-8(2)11;1-6(12)13-8-4-2-7(3-5-8)10-11-9;2*1-2-3;10*1-2;;;;;;/h13,15-17,21H,3-12,14,18H2,1-2H3;8-9,12,20H,2-7,10-11H2,1H3;1,6-7H,4-5H2,2H3;2,4-5,7H,3H2,1H3;2*2H,1H3;;;;;;;;;;;2*1H3;;;;/q;;;;;;;;;;;;;;;;2*-1;;;;/t21-;;;7-;;;;;;;;;;;;;;;;;;/m0..0................../s1. The molecule has 0 radical (unpaired) electrons. The van der Waals surface area contributed by atoms with Gasteiger partial charge in [0.15, 0.2) is 0 Å². The number of esters is 5. The first-order valence-electron chi connectivity index (χ1n) is 30.3. The van der Waals surface area contributed by atoms with Crippen LogP contribution in [0.5, 0.6) is 0 Å². The Morgan fingerprint density at radius 1 is 0.578 bits per heavy atom. The van der Waals surface area contributed by atoms with Gasteiger partial charge in [-0.25, -0.2) is 4.68 Å². The maximum Gasteiger partial charge on any atom is 0 e. The van der Waals surface area contributed by atoms with Gasteiger partial charge in [-0.05, 0) is 114 Å². The smallest absolute Gasteiger partial charge is 0 e. The molecule has 0 aromatic carbocycles. The molecule has 0 spiro atoms. The van der Waals surface area contributed by atoms with Gasteiger partial charge in [0.25, 0.3) is 0 Å². The van der Waals surface area contributed by atoms with Gasteiger partial charge in [-0.2, -0.15) is 0 Å². The van der Waals surface area contributed by atoms with Gasteiger partial charge in [-0.15, -0.1) is 16.6 Å². The third-order valence-corrected chi connectivity index (χ3v) is 11.6. The summed E-state index contributed by atoms with van der Waals surface area (Å²) in [5.41, 5.74) is 11.0. The second kappa shape index (κ2) is 115. The average molecular weight is 1690 g/mol. The van der Waals surface area contributed by atoms with Gasteiger partial charge < -0.3 is 53.2 Å². The summed E-state index contributed by atoms with van der Waals surface area (Å²) in [5, 5.41) is 28.8. The number of aldehydes is 2. The average Bonchev–Trinajstić information content (AvgIpc) is 1.84. The minimum Gasteiger partial charge on any atom is -0.358 e. The fourth-order valence-corrected chi connectivity index (χ4v) is 7.80. The Kier molecular flexibility index (Phi) is 147. The molecule has 32 nitrogen and oxygen atoms in total. The van der Waals surface area contributed by atoms with Gasteiger partial charge in [0.05, 0.1) is 30.1 Å². The zero-order valence-electron chi connectivity index (χ0n) is 61.9. The Hall–Kier alpha value is -8.80. The second-order valence-corrected chi connectivity index (χ2v) is 18.7. The van der Waals surface area contributed by atoms with Crippen molar-refractivity contribution in [3.05, 3.63) is 205 Å². The predicted octanol–water partition coefficient (Wildman–Crippen LogP) is 12.4. The van der Waals surface area contributed by atoms with Gasteiger partial charge in [-0.1, -0.05) is 117 Å². The van der Waals surface area contributed by atoms with Crippen molar-refractivity contribution in [3.8, 4) is 12.3 Å². The molecule has 0 amide bonds. The fraction of sp³-hybridized carbons (Fsp3) is 0.438. The maximum absolute atomic E-state index is 11.9. The molecule has 4 aliphatic carbocycles. The normalized spacial score (nSPS) is 11.8. The molecule has 2 aromatic rings. The van der Waals surface area contributed by atoms with E-state index in [0.29, 0.717) is 53.6 Å². The van der Waals surface area contributed by atoms with Crippen molar-refractivity contribution in [2.75, 3.05) is 6.61 Å². The van der Waals surface area contributed by atoms with Crippen LogP contribution in [0, 0.1) is 93.7 Å². The molecule has 1 N–H and O–H groups in total. The molecule has 2 atom stereocenters. The molecule has 36 heteroatoms. The van der Waals surface area contributed by atoms with Crippen molar-refractivity contribution < 1.29 is 177 Å². The van der Waals surface area contributed by atoms with Crippen LogP contribution in [0.3, 0.4) is 0 Å². The first-order chi connectivity index (χ1) is 50.1. The molecule has 0 saturated heterocycles. The van der Waals surface area contributed by atoms with Crippen LogP contribution in [0.2, 0.25) is 0 Å². The molecule has 2 heterocycles. The van der Waals surface area contributed by atoms with E-state index in [0.717, 1.165) is 94.6 Å². The molecule has 4 aliphatic rings. The molecule has 0 fully saturated rings. The van der Waals surface area contributed by atoms with Crippen LogP contribution >= 0.6 is 0 Å². The van der Waals surface area contributed by atoms with Crippen molar-refractivity contribution in [3.63, 3.8) is 0 Å². The number of unbranched alkanes of at least 4 members (excludes halogenated alkanes) is 11. The van der Waals surface area contributed by atoms with E-state index in [2.05, 4.69) is 110 Å². The number of carbonyl (C=O) groups excluding carboxylic acids is 7. The van der Waals surface area contributed by atoms with E-state index in [4.69, 9.17) is 96.9 Å². The van der Waals surface area contributed by atoms with Crippen LogP contribution < -0.4 is 0 Å². The summed E-state index contributed by atoms with van der Waals surface area (Å²) in [6.07, 6.45) is 48.9. The van der Waals surface area contributed by atoms with Crippen molar-refractivity contribution in [2.24, 2.45) is 5.11 Å². The molecule has 0 aliphatic heterocycles. The van der Waals surface area contributed by atoms with Gasteiger partial charge in [0, 0.05) is 126 Å². The number of hydrogen-bond donors (Lipinski definition) is 1. The number of aliphatic hydroxyl groups is 1. The minimum atomic E-state index is -0.349. The molecular weight excluding hydrogens is 1590 g/mol. The maximum atomic E-state index is 11.9. The SMILES string of the molecule is C#CC1=CCCC=C1OC(C)=O.CC(=O)OC1=CCCC=C1c1cn(CCCCCCO)nn1.CC(=O)OC1=CC[C@@H](N=[N+]=[N-])C=C1.CC=O.CC=O.CCCCCCCCCCCC(=O)OCc1cn([C@H]2C=CC(OC(C)=O)=CC2)nn1.[C-]#[O+].[C-]#[O+].[C-]#[O+].[C-]#[O+].[C-]#[O+].[C-]#[O+].[C-]#[O+].[C-]#[O+].[C-]#[O+].[C-]#[O+].[CH3-].[CH3-].[Fe].[Fe].[Fe].[Fe]. The van der Waals surface area contributed by atoms with E-state index in [9.17, 15) is 24.0 Å². The van der Waals surface area contributed by atoms with Gasteiger partial charge in [-0.3, -0.25) is 28.7 Å². The third-order valence-electron chi connectivity index (χ3n) is 11.6. The summed E-state index contributed by atoms with van der Waals surface area (Å²) in [7, 11) is 0. The Bertz CT molecular complexity index is 3120. The third kappa shape index (κ3) is 88.0. The molecule has 600 valence electrons. The topological polar surface area (TPSA) is 495 Å². The molecule has 0 saturated carbocycles. The number of aryl methyl sites for hydroxylation is 1. The van der Waals surface area contributed by atoms with Gasteiger partial charge >= 0.3 is 143 Å². The number of aromatic nitrogens is 6. The number of allylic oxidation sites excluding steroid dienone is 10. The number of hydrogen-bond acceptors (Lipinski definition) is 18. The van der Waals surface area contributed by atoms with Crippen LogP contribution in [0.25, 0.3) is 16.0 Å². The number of terminal acetylenes is 1. The summed E-state index contributed by atoms with van der Waals surface area (Å²) in [5.74, 6) is 3.11. The summed E-state index contributed by atoms with van der Waals surface area (Å²) >= 11 is 0. The van der Waals surface area contributed by atoms with Crippen molar-refractivity contribution >= 4 is 48.0 Å². The van der Waals surface area contributed by atoms with E-state index in [1.54, 1.807) is 35.2 Å². The number of carbonyl (C=O) groups is 7. The van der Waals surface area contributed by atoms with E-state index in [-0.39, 0.29) is 138 Å². The number of nitrogens with zero attached hydrogens (tertiary/aromatic N) is 9. The van der Waals surface area contributed by atoms with Crippen LogP contribution in [0.1, 0.15) is 194 Å². The second-order valence-electron chi connectivity index (χ2n) is 18.7. The molecule has 6 rings (SSSR count). The monoisotopic (exact) mass is 1690 g/mol. The minimum absolute atomic E-state index is 0. The molecule has 0 bridgehead atoms. The van der Waals surface area contributed by atoms with Crippen LogP contribution in [-0.4, -0.2) is 90.2 Å². The van der Waals surface area contributed by atoms with E-state index < -0.39 is 0 Å².